The van der Waals surface area contributed by atoms with Crippen LogP contribution in [0.25, 0.3) is 0 Å². The first-order valence-corrected chi connectivity index (χ1v) is 8.65. The molecule has 1 aliphatic rings. The van der Waals surface area contributed by atoms with Crippen molar-refractivity contribution in [2.45, 2.75) is 45.4 Å². The van der Waals surface area contributed by atoms with Gasteiger partial charge in [0.15, 0.2) is 0 Å². The normalized spacial score (nSPS) is 21.9. The molecule has 1 aliphatic heterocycles. The van der Waals surface area contributed by atoms with Gasteiger partial charge in [-0.15, -0.1) is 0 Å². The molecule has 0 aromatic rings. The number of hydrogen-bond acceptors (Lipinski definition) is 4. The molecule has 112 valence electrons. The van der Waals surface area contributed by atoms with E-state index in [0.717, 1.165) is 25.7 Å². The summed E-state index contributed by atoms with van der Waals surface area (Å²) < 4.78 is 30.5. The van der Waals surface area contributed by atoms with Gasteiger partial charge in [-0.05, 0) is 31.6 Å². The summed E-state index contributed by atoms with van der Waals surface area (Å²) >= 11 is 0. The number of carbonyl (C=O) groups excluding carboxylic acids is 1. The molecular formula is C13H25NO4S. The average molecular weight is 291 g/mol. The highest BCUT2D eigenvalue weighted by Crippen LogP contribution is 2.22. The Hall–Kier alpha value is -0.620. The van der Waals surface area contributed by atoms with Crippen LogP contribution in [0.2, 0.25) is 0 Å². The van der Waals surface area contributed by atoms with Crippen molar-refractivity contribution in [1.82, 2.24) is 4.31 Å². The van der Waals surface area contributed by atoms with E-state index in [1.807, 2.05) is 0 Å². The van der Waals surface area contributed by atoms with Gasteiger partial charge in [0.05, 0.1) is 12.9 Å². The molecule has 6 heteroatoms. The number of hydrogen-bond donors (Lipinski definition) is 0. The number of ether oxygens (including phenoxy) is 1. The van der Waals surface area contributed by atoms with E-state index in [2.05, 4.69) is 11.7 Å². The predicted octanol–water partition coefficient (Wildman–Crippen LogP) is 1.78. The van der Waals surface area contributed by atoms with E-state index >= 15 is 0 Å². The summed E-state index contributed by atoms with van der Waals surface area (Å²) in [6.07, 6.45) is 4.63. The summed E-state index contributed by atoms with van der Waals surface area (Å²) in [5, 5.41) is 0. The van der Waals surface area contributed by atoms with Gasteiger partial charge < -0.3 is 4.74 Å². The highest BCUT2D eigenvalue weighted by molar-refractivity contribution is 7.89. The molecule has 0 bridgehead atoms. The summed E-state index contributed by atoms with van der Waals surface area (Å²) in [7, 11) is -1.90. The quantitative estimate of drug-likeness (QED) is 0.700. The zero-order valence-electron chi connectivity index (χ0n) is 11.9. The van der Waals surface area contributed by atoms with E-state index in [-0.39, 0.29) is 18.1 Å². The molecule has 0 aliphatic carbocycles. The van der Waals surface area contributed by atoms with Crippen LogP contribution >= 0.6 is 0 Å². The van der Waals surface area contributed by atoms with Crippen LogP contribution in [0.5, 0.6) is 0 Å². The molecule has 1 heterocycles. The molecule has 0 aromatic heterocycles. The fourth-order valence-corrected chi connectivity index (χ4v) is 4.01. The second-order valence-electron chi connectivity index (χ2n) is 5.10. The topological polar surface area (TPSA) is 63.7 Å². The van der Waals surface area contributed by atoms with E-state index in [1.165, 1.54) is 7.11 Å². The van der Waals surface area contributed by atoms with Crippen molar-refractivity contribution in [1.29, 1.82) is 0 Å². The summed E-state index contributed by atoms with van der Waals surface area (Å²) in [5.41, 5.74) is 0. The molecule has 5 nitrogen and oxygen atoms in total. The minimum absolute atomic E-state index is 0.0406. The molecule has 19 heavy (non-hydrogen) atoms. The number of carbonyl (C=O) groups is 1. The fraction of sp³-hybridized carbons (Fsp3) is 0.923. The van der Waals surface area contributed by atoms with Crippen molar-refractivity contribution in [3.63, 3.8) is 0 Å². The van der Waals surface area contributed by atoms with Crippen molar-refractivity contribution in [2.75, 3.05) is 26.0 Å². The molecule has 1 unspecified atom stereocenters. The minimum atomic E-state index is -3.22. The van der Waals surface area contributed by atoms with Gasteiger partial charge in [-0.2, -0.15) is 0 Å². The van der Waals surface area contributed by atoms with Gasteiger partial charge in [0.1, 0.15) is 0 Å². The smallest absolute Gasteiger partial charge is 0.305 e. The Balaban J connectivity index is 2.45. The Bertz CT molecular complexity index is 380. The van der Waals surface area contributed by atoms with Crippen LogP contribution in [-0.4, -0.2) is 44.6 Å². The third-order valence-corrected chi connectivity index (χ3v) is 5.74. The van der Waals surface area contributed by atoms with Crippen LogP contribution in [-0.2, 0) is 19.6 Å². The lowest BCUT2D eigenvalue weighted by Gasteiger charge is -2.20. The maximum Gasteiger partial charge on any atom is 0.305 e. The second-order valence-corrected chi connectivity index (χ2v) is 7.19. The standard InChI is InChI=1S/C13H25NO4S/c1-3-12-6-4-9-14(10-8-12)19(16,17)11-5-7-13(15)18-2/h12H,3-11H2,1-2H3. The Morgan fingerprint density at radius 3 is 2.68 bits per heavy atom. The number of esters is 1. The van der Waals surface area contributed by atoms with Crippen LogP contribution in [0.1, 0.15) is 45.4 Å². The maximum atomic E-state index is 12.2. The van der Waals surface area contributed by atoms with Crippen molar-refractivity contribution >= 4 is 16.0 Å². The molecule has 0 radical (unpaired) electrons. The first kappa shape index (κ1) is 16.4. The molecule has 0 amide bonds. The molecule has 0 aromatic carbocycles. The van der Waals surface area contributed by atoms with Crippen LogP contribution in [0, 0.1) is 5.92 Å². The van der Waals surface area contributed by atoms with Crippen LogP contribution in [0.15, 0.2) is 0 Å². The van der Waals surface area contributed by atoms with Gasteiger partial charge in [-0.25, -0.2) is 12.7 Å². The molecule has 1 atom stereocenters. The lowest BCUT2D eigenvalue weighted by atomic mass is 9.98. The fourth-order valence-electron chi connectivity index (χ4n) is 2.46. The van der Waals surface area contributed by atoms with Crippen LogP contribution < -0.4 is 0 Å². The average Bonchev–Trinajstić information content (AvgIpc) is 2.63. The molecule has 0 N–H and O–H groups in total. The van der Waals surface area contributed by atoms with Gasteiger partial charge in [0, 0.05) is 19.5 Å². The third-order valence-electron chi connectivity index (χ3n) is 3.79. The lowest BCUT2D eigenvalue weighted by Crippen LogP contribution is -2.34. The maximum absolute atomic E-state index is 12.2. The molecule has 1 rings (SSSR count). The highest BCUT2D eigenvalue weighted by atomic mass is 32.2. The van der Waals surface area contributed by atoms with E-state index in [9.17, 15) is 13.2 Å². The highest BCUT2D eigenvalue weighted by Gasteiger charge is 2.25. The van der Waals surface area contributed by atoms with Gasteiger partial charge >= 0.3 is 5.97 Å². The first-order valence-electron chi connectivity index (χ1n) is 7.04. The third kappa shape index (κ3) is 5.48. The Morgan fingerprint density at radius 1 is 1.32 bits per heavy atom. The monoisotopic (exact) mass is 291 g/mol. The Labute approximate surface area is 116 Å². The zero-order chi connectivity index (χ0) is 14.3. The molecule has 0 spiro atoms. The van der Waals surface area contributed by atoms with E-state index < -0.39 is 10.0 Å². The van der Waals surface area contributed by atoms with E-state index in [0.29, 0.717) is 25.4 Å². The van der Waals surface area contributed by atoms with E-state index in [4.69, 9.17) is 0 Å². The van der Waals surface area contributed by atoms with Gasteiger partial charge in [-0.1, -0.05) is 13.3 Å². The lowest BCUT2D eigenvalue weighted by molar-refractivity contribution is -0.140. The Morgan fingerprint density at radius 2 is 2.05 bits per heavy atom. The van der Waals surface area contributed by atoms with Crippen molar-refractivity contribution in [3.05, 3.63) is 0 Å². The van der Waals surface area contributed by atoms with Gasteiger partial charge in [0.25, 0.3) is 0 Å². The second kappa shape index (κ2) is 7.85. The van der Waals surface area contributed by atoms with Crippen LogP contribution in [0.3, 0.4) is 0 Å². The summed E-state index contributed by atoms with van der Waals surface area (Å²) in [4.78, 5) is 11.0. The summed E-state index contributed by atoms with van der Waals surface area (Å²) in [5.74, 6) is 0.339. The molecule has 1 saturated heterocycles. The number of methoxy groups -OCH3 is 1. The molecule has 0 saturated carbocycles. The first-order chi connectivity index (χ1) is 8.99. The van der Waals surface area contributed by atoms with Crippen LogP contribution in [0.4, 0.5) is 0 Å². The molecular weight excluding hydrogens is 266 g/mol. The van der Waals surface area contributed by atoms with Crippen molar-refractivity contribution in [3.8, 4) is 0 Å². The van der Waals surface area contributed by atoms with Crippen molar-refractivity contribution < 1.29 is 17.9 Å². The number of sulfonamides is 1. The van der Waals surface area contributed by atoms with Crippen molar-refractivity contribution in [2.24, 2.45) is 5.92 Å². The summed E-state index contributed by atoms with van der Waals surface area (Å²) in [6.45, 7) is 3.40. The van der Waals surface area contributed by atoms with Gasteiger partial charge in [-0.3, -0.25) is 4.79 Å². The zero-order valence-corrected chi connectivity index (χ0v) is 12.7. The number of nitrogens with zero attached hydrogens (tertiary/aromatic N) is 1. The minimum Gasteiger partial charge on any atom is -0.469 e. The SMILES string of the molecule is CCC1CCCN(S(=O)(=O)CCCC(=O)OC)CC1. The Kier molecular flexibility index (Phi) is 6.79. The summed E-state index contributed by atoms with van der Waals surface area (Å²) in [6, 6.07) is 0. The molecule has 1 fully saturated rings. The largest absolute Gasteiger partial charge is 0.469 e. The number of rotatable bonds is 6. The van der Waals surface area contributed by atoms with E-state index in [1.54, 1.807) is 4.31 Å². The predicted molar refractivity (Wildman–Crippen MR) is 74.2 cm³/mol. The van der Waals surface area contributed by atoms with Gasteiger partial charge in [0.2, 0.25) is 10.0 Å².